The van der Waals surface area contributed by atoms with Crippen molar-refractivity contribution in [3.63, 3.8) is 0 Å². The molecule has 5 aromatic rings. The maximum Gasteiger partial charge on any atom is 0.291 e. The number of hydrogen-bond donors (Lipinski definition) is 1. The maximum atomic E-state index is 13.7. The Balaban J connectivity index is 1.22. The van der Waals surface area contributed by atoms with Gasteiger partial charge in [0.25, 0.3) is 11.5 Å². The molecule has 10 nitrogen and oxygen atoms in total. The standard InChI is InChI=1S/C29H21N5O5S/c1-16-10-12-17(13-11-16)30-23(35)14-33-19-7-3-2-6-18(19)24(27(33)36)25-28(37)34-29(40-25)31-26(32-34)22-15-38-20-8-4-5-9-21(20)39-22/h2-13,22H,14-15H2,1H3,(H,30,35). The molecule has 2 aliphatic heterocycles. The molecule has 0 saturated carbocycles. The van der Waals surface area contributed by atoms with Crippen molar-refractivity contribution < 1.29 is 19.1 Å². The van der Waals surface area contributed by atoms with E-state index in [0.29, 0.717) is 39.2 Å². The number of fused-ring (bicyclic) bond motifs is 3. The van der Waals surface area contributed by atoms with Crippen LogP contribution in [0.5, 0.6) is 11.5 Å². The zero-order chi connectivity index (χ0) is 27.4. The topological polar surface area (TPSA) is 115 Å². The Labute approximate surface area is 231 Å². The highest BCUT2D eigenvalue weighted by Crippen LogP contribution is 2.36. The molecule has 2 aliphatic rings. The first-order valence-electron chi connectivity index (χ1n) is 12.6. The molecule has 2 amide bonds. The number of nitrogens with one attached hydrogen (secondary N) is 1. The van der Waals surface area contributed by atoms with Gasteiger partial charge < -0.3 is 14.8 Å². The molecular formula is C29H21N5O5S. The first-order valence-corrected chi connectivity index (χ1v) is 13.4. The fraction of sp³-hybridized carbons (Fsp3) is 0.138. The highest BCUT2D eigenvalue weighted by molar-refractivity contribution is 7.15. The monoisotopic (exact) mass is 551 g/mol. The smallest absolute Gasteiger partial charge is 0.291 e. The number of aryl methyl sites for hydroxylation is 1. The summed E-state index contributed by atoms with van der Waals surface area (Å²) in [5, 5.41) is 7.23. The Bertz CT molecular complexity index is 1930. The first-order chi connectivity index (χ1) is 19.5. The third kappa shape index (κ3) is 3.98. The largest absolute Gasteiger partial charge is 0.485 e. The molecule has 0 fully saturated rings. The second kappa shape index (κ2) is 9.31. The molecule has 2 aromatic heterocycles. The van der Waals surface area contributed by atoms with Crippen LogP contribution in [0.3, 0.4) is 0 Å². The van der Waals surface area contributed by atoms with E-state index in [1.807, 2.05) is 37.3 Å². The summed E-state index contributed by atoms with van der Waals surface area (Å²) in [6, 6.07) is 21.8. The van der Waals surface area contributed by atoms with Crippen LogP contribution in [-0.2, 0) is 9.59 Å². The van der Waals surface area contributed by atoms with Crippen molar-refractivity contribution in [3.8, 4) is 11.5 Å². The molecule has 3 aromatic carbocycles. The van der Waals surface area contributed by atoms with Crippen LogP contribution in [-0.4, -0.2) is 39.6 Å². The summed E-state index contributed by atoms with van der Waals surface area (Å²) in [6.45, 7) is 1.97. The summed E-state index contributed by atoms with van der Waals surface area (Å²) in [5.74, 6) is 0.762. The van der Waals surface area contributed by atoms with Crippen molar-refractivity contribution in [2.24, 2.45) is 0 Å². The van der Waals surface area contributed by atoms with Crippen LogP contribution in [0.2, 0.25) is 0 Å². The SMILES string of the molecule is Cc1ccc(NC(=O)CN2C(=O)C(=c3sc4nc(C5COc6ccccc6O5)nn4c3=O)c3ccccc32)cc1. The Morgan fingerprint density at radius 2 is 1.77 bits per heavy atom. The van der Waals surface area contributed by atoms with Crippen molar-refractivity contribution in [2.75, 3.05) is 23.4 Å². The molecular weight excluding hydrogens is 530 g/mol. The van der Waals surface area contributed by atoms with E-state index in [1.54, 1.807) is 42.5 Å². The summed E-state index contributed by atoms with van der Waals surface area (Å²) < 4.78 is 13.2. The minimum Gasteiger partial charge on any atom is -0.485 e. The average Bonchev–Trinajstić information content (AvgIpc) is 3.60. The zero-order valence-corrected chi connectivity index (χ0v) is 22.0. The van der Waals surface area contributed by atoms with Crippen LogP contribution in [0.4, 0.5) is 11.4 Å². The molecule has 1 atom stereocenters. The molecule has 0 aliphatic carbocycles. The van der Waals surface area contributed by atoms with Gasteiger partial charge in [0.15, 0.2) is 23.4 Å². The number of carbonyl (C=O) groups is 2. The summed E-state index contributed by atoms with van der Waals surface area (Å²) in [7, 11) is 0. The third-order valence-electron chi connectivity index (χ3n) is 6.76. The number of amides is 2. The third-order valence-corrected chi connectivity index (χ3v) is 7.79. The van der Waals surface area contributed by atoms with Gasteiger partial charge in [0, 0.05) is 11.3 Å². The van der Waals surface area contributed by atoms with E-state index in [2.05, 4.69) is 15.4 Å². The van der Waals surface area contributed by atoms with Gasteiger partial charge >= 0.3 is 0 Å². The van der Waals surface area contributed by atoms with Crippen molar-refractivity contribution >= 4 is 45.1 Å². The van der Waals surface area contributed by atoms with Gasteiger partial charge in [0.2, 0.25) is 10.9 Å². The van der Waals surface area contributed by atoms with Gasteiger partial charge in [-0.15, -0.1) is 5.10 Å². The van der Waals surface area contributed by atoms with Gasteiger partial charge in [-0.1, -0.05) is 59.4 Å². The summed E-state index contributed by atoms with van der Waals surface area (Å²) in [4.78, 5) is 46.3. The number of anilines is 2. The average molecular weight is 552 g/mol. The van der Waals surface area contributed by atoms with E-state index in [1.165, 1.54) is 9.42 Å². The Morgan fingerprint density at radius 1 is 1.02 bits per heavy atom. The number of aromatic nitrogens is 3. The Morgan fingerprint density at radius 3 is 2.58 bits per heavy atom. The second-order valence-corrected chi connectivity index (χ2v) is 10.4. The molecule has 0 bridgehead atoms. The first kappa shape index (κ1) is 24.0. The molecule has 1 unspecified atom stereocenters. The number of benzene rings is 3. The number of para-hydroxylation sites is 3. The fourth-order valence-corrected chi connectivity index (χ4v) is 5.83. The minimum atomic E-state index is -0.575. The van der Waals surface area contributed by atoms with Crippen molar-refractivity contribution in [1.29, 1.82) is 0 Å². The second-order valence-electron chi connectivity index (χ2n) is 9.46. The molecule has 0 spiro atoms. The fourth-order valence-electron chi connectivity index (χ4n) is 4.82. The number of hydrogen-bond acceptors (Lipinski definition) is 8. The molecule has 0 radical (unpaired) electrons. The number of ether oxygens (including phenoxy) is 2. The lowest BCUT2D eigenvalue weighted by atomic mass is 10.1. The van der Waals surface area contributed by atoms with Gasteiger partial charge in [-0.2, -0.15) is 9.50 Å². The predicted molar refractivity (Wildman–Crippen MR) is 149 cm³/mol. The van der Waals surface area contributed by atoms with Gasteiger partial charge in [0.05, 0.1) is 11.3 Å². The van der Waals surface area contributed by atoms with Gasteiger partial charge in [-0.3, -0.25) is 19.3 Å². The van der Waals surface area contributed by atoms with E-state index in [4.69, 9.17) is 9.47 Å². The highest BCUT2D eigenvalue weighted by Gasteiger charge is 2.36. The summed E-state index contributed by atoms with van der Waals surface area (Å²) in [5.41, 5.74) is 2.63. The van der Waals surface area contributed by atoms with Crippen LogP contribution in [0.25, 0.3) is 10.5 Å². The van der Waals surface area contributed by atoms with E-state index in [0.717, 1.165) is 16.9 Å². The van der Waals surface area contributed by atoms with Crippen LogP contribution in [0.1, 0.15) is 23.1 Å². The molecule has 4 heterocycles. The lowest BCUT2D eigenvalue weighted by Crippen LogP contribution is -2.37. The Hall–Kier alpha value is -5.03. The van der Waals surface area contributed by atoms with E-state index >= 15 is 0 Å². The maximum absolute atomic E-state index is 13.7. The van der Waals surface area contributed by atoms with Crippen LogP contribution < -0.4 is 29.8 Å². The zero-order valence-electron chi connectivity index (χ0n) is 21.2. The quantitative estimate of drug-likeness (QED) is 0.365. The van der Waals surface area contributed by atoms with Gasteiger partial charge in [-0.25, -0.2) is 0 Å². The normalized spacial score (nSPS) is 17.3. The van der Waals surface area contributed by atoms with Crippen molar-refractivity contribution in [3.05, 3.63) is 105 Å². The summed E-state index contributed by atoms with van der Waals surface area (Å²) >= 11 is 1.08. The Kier molecular flexibility index (Phi) is 5.60. The molecule has 40 heavy (non-hydrogen) atoms. The highest BCUT2D eigenvalue weighted by atomic mass is 32.1. The number of rotatable bonds is 4. The van der Waals surface area contributed by atoms with Crippen LogP contribution in [0.15, 0.2) is 77.6 Å². The molecule has 0 saturated heterocycles. The predicted octanol–water partition coefficient (Wildman–Crippen LogP) is 2.88. The van der Waals surface area contributed by atoms with Crippen LogP contribution >= 0.6 is 11.3 Å². The lowest BCUT2D eigenvalue weighted by Gasteiger charge is -2.24. The number of carbonyl (C=O) groups excluding carboxylic acids is 2. The van der Waals surface area contributed by atoms with E-state index in [9.17, 15) is 14.4 Å². The van der Waals surface area contributed by atoms with Crippen LogP contribution in [0, 0.1) is 6.92 Å². The van der Waals surface area contributed by atoms with E-state index in [-0.39, 0.29) is 29.2 Å². The number of thiazole rings is 1. The van der Waals surface area contributed by atoms with Gasteiger partial charge in [0.1, 0.15) is 17.7 Å². The number of nitrogens with zero attached hydrogens (tertiary/aromatic N) is 4. The molecule has 11 heteroatoms. The molecule has 198 valence electrons. The molecule has 1 N–H and O–H groups in total. The molecule has 7 rings (SSSR count). The summed E-state index contributed by atoms with van der Waals surface area (Å²) in [6.07, 6.45) is -0.575. The van der Waals surface area contributed by atoms with E-state index < -0.39 is 17.6 Å². The van der Waals surface area contributed by atoms with Gasteiger partial charge in [-0.05, 0) is 37.3 Å². The van der Waals surface area contributed by atoms with Crippen molar-refractivity contribution in [2.45, 2.75) is 13.0 Å². The van der Waals surface area contributed by atoms with Crippen molar-refractivity contribution in [1.82, 2.24) is 14.6 Å². The minimum absolute atomic E-state index is 0.202. The lowest BCUT2D eigenvalue weighted by molar-refractivity contribution is -0.118.